The van der Waals surface area contributed by atoms with Crippen molar-refractivity contribution >= 4 is 17.6 Å². The van der Waals surface area contributed by atoms with E-state index in [0.717, 1.165) is 24.6 Å². The summed E-state index contributed by atoms with van der Waals surface area (Å²) in [6.45, 7) is 9.38. The van der Waals surface area contributed by atoms with Crippen molar-refractivity contribution in [1.29, 1.82) is 0 Å². The fourth-order valence-electron chi connectivity index (χ4n) is 1.74. The molecule has 4 N–H and O–H groups in total. The third-order valence-electron chi connectivity index (χ3n) is 2.68. The van der Waals surface area contributed by atoms with Crippen molar-refractivity contribution in [2.24, 2.45) is 5.92 Å². The van der Waals surface area contributed by atoms with Crippen LogP contribution in [0.1, 0.15) is 34.1 Å². The molecule has 0 amide bonds. The summed E-state index contributed by atoms with van der Waals surface area (Å²) in [6, 6.07) is 2.30. The molecule has 5 heteroatoms. The number of nitrogens with zero attached hydrogens (tertiary/aromatic N) is 2. The van der Waals surface area contributed by atoms with Crippen molar-refractivity contribution in [3.63, 3.8) is 0 Å². The molecule has 1 atom stereocenters. The highest BCUT2D eigenvalue weighted by Gasteiger charge is 2.12. The number of anilines is 3. The Bertz CT molecular complexity index is 351. The van der Waals surface area contributed by atoms with E-state index in [4.69, 9.17) is 5.73 Å². The Kier molecular flexibility index (Phi) is 5.00. The van der Waals surface area contributed by atoms with Crippen molar-refractivity contribution in [2.45, 2.75) is 40.2 Å². The summed E-state index contributed by atoms with van der Waals surface area (Å²) < 4.78 is 0. The summed E-state index contributed by atoms with van der Waals surface area (Å²) in [4.78, 5) is 8.32. The van der Waals surface area contributed by atoms with Crippen molar-refractivity contribution < 1.29 is 0 Å². The van der Waals surface area contributed by atoms with E-state index in [-0.39, 0.29) is 0 Å². The molecule has 0 aliphatic rings. The summed E-state index contributed by atoms with van der Waals surface area (Å²) >= 11 is 0. The molecule has 0 fully saturated rings. The Morgan fingerprint density at radius 1 is 1.24 bits per heavy atom. The Morgan fingerprint density at radius 3 is 2.41 bits per heavy atom. The maximum absolute atomic E-state index is 5.68. The molecular formula is C12H23N5. The van der Waals surface area contributed by atoms with Gasteiger partial charge < -0.3 is 16.4 Å². The molecular weight excluding hydrogens is 214 g/mol. The number of rotatable bonds is 6. The highest BCUT2D eigenvalue weighted by atomic mass is 15.1. The number of hydrogen-bond acceptors (Lipinski definition) is 5. The third-order valence-corrected chi connectivity index (χ3v) is 2.68. The first-order chi connectivity index (χ1) is 8.06. The molecule has 1 aromatic heterocycles. The predicted octanol–water partition coefficient (Wildman–Crippen LogP) is 2.34. The van der Waals surface area contributed by atoms with Gasteiger partial charge >= 0.3 is 0 Å². The highest BCUT2D eigenvalue weighted by Crippen LogP contribution is 2.17. The number of nitrogens with two attached hydrogens (primary N) is 1. The van der Waals surface area contributed by atoms with Crippen LogP contribution in [0.25, 0.3) is 0 Å². The van der Waals surface area contributed by atoms with Crippen LogP contribution in [0.15, 0.2) is 6.07 Å². The summed E-state index contributed by atoms with van der Waals surface area (Å²) in [5.74, 6) is 2.40. The quantitative estimate of drug-likeness (QED) is 0.708. The first kappa shape index (κ1) is 13.5. The molecule has 0 aliphatic heterocycles. The molecule has 1 rings (SSSR count). The lowest BCUT2D eigenvalue weighted by atomic mass is 10.0. The summed E-state index contributed by atoms with van der Waals surface area (Å²) in [7, 11) is 0. The maximum Gasteiger partial charge on any atom is 0.223 e. The molecule has 5 nitrogen and oxygen atoms in total. The van der Waals surface area contributed by atoms with Crippen LogP contribution in [0.5, 0.6) is 0 Å². The molecule has 0 bridgehead atoms. The van der Waals surface area contributed by atoms with Gasteiger partial charge in [-0.1, -0.05) is 20.8 Å². The first-order valence-corrected chi connectivity index (χ1v) is 6.21. The molecule has 17 heavy (non-hydrogen) atoms. The Hall–Kier alpha value is -1.52. The molecule has 1 heterocycles. The molecule has 1 aromatic rings. The summed E-state index contributed by atoms with van der Waals surface area (Å²) in [5.41, 5.74) is 5.68. The molecule has 96 valence electrons. The lowest BCUT2D eigenvalue weighted by molar-refractivity contribution is 0.510. The maximum atomic E-state index is 5.68. The normalized spacial score (nSPS) is 12.5. The van der Waals surface area contributed by atoms with Crippen LogP contribution < -0.4 is 16.4 Å². The van der Waals surface area contributed by atoms with E-state index in [1.54, 1.807) is 0 Å². The van der Waals surface area contributed by atoms with Crippen LogP contribution in [0, 0.1) is 5.92 Å². The lowest BCUT2D eigenvalue weighted by Crippen LogP contribution is -2.25. The van der Waals surface area contributed by atoms with Crippen LogP contribution in [0.2, 0.25) is 0 Å². The average Bonchev–Trinajstić information content (AvgIpc) is 2.25. The van der Waals surface area contributed by atoms with E-state index in [2.05, 4.69) is 41.4 Å². The Balaban J connectivity index is 2.82. The second kappa shape index (κ2) is 6.27. The van der Waals surface area contributed by atoms with Crippen molar-refractivity contribution in [1.82, 2.24) is 9.97 Å². The smallest absolute Gasteiger partial charge is 0.223 e. The van der Waals surface area contributed by atoms with Crippen LogP contribution in [0.4, 0.5) is 17.6 Å². The second-order valence-corrected chi connectivity index (χ2v) is 4.43. The minimum Gasteiger partial charge on any atom is -0.370 e. The number of nitrogens with one attached hydrogen (secondary N) is 2. The molecule has 0 saturated heterocycles. The van der Waals surface area contributed by atoms with Crippen LogP contribution in [0.3, 0.4) is 0 Å². The molecule has 0 radical (unpaired) electrons. The van der Waals surface area contributed by atoms with Crippen molar-refractivity contribution in [3.05, 3.63) is 6.07 Å². The van der Waals surface area contributed by atoms with E-state index < -0.39 is 0 Å². The zero-order valence-corrected chi connectivity index (χ0v) is 11.1. The van der Waals surface area contributed by atoms with Gasteiger partial charge in [-0.3, -0.25) is 0 Å². The first-order valence-electron chi connectivity index (χ1n) is 6.21. The molecule has 0 saturated carbocycles. The minimum atomic E-state index is 0.296. The van der Waals surface area contributed by atoms with Gasteiger partial charge in [0.2, 0.25) is 5.95 Å². The molecule has 0 spiro atoms. The largest absolute Gasteiger partial charge is 0.370 e. The van der Waals surface area contributed by atoms with Gasteiger partial charge in [-0.15, -0.1) is 0 Å². The van der Waals surface area contributed by atoms with Crippen LogP contribution in [-0.4, -0.2) is 22.6 Å². The van der Waals surface area contributed by atoms with E-state index in [9.17, 15) is 0 Å². The lowest BCUT2D eigenvalue weighted by Gasteiger charge is -2.21. The van der Waals surface area contributed by atoms with Gasteiger partial charge in [0.05, 0.1) is 0 Å². The van der Waals surface area contributed by atoms with E-state index in [1.807, 2.05) is 13.0 Å². The van der Waals surface area contributed by atoms with Gasteiger partial charge in [0, 0.05) is 18.7 Å². The van der Waals surface area contributed by atoms with Gasteiger partial charge in [-0.2, -0.15) is 9.97 Å². The Morgan fingerprint density at radius 2 is 1.88 bits per heavy atom. The number of aromatic nitrogens is 2. The van der Waals surface area contributed by atoms with Crippen molar-refractivity contribution in [2.75, 3.05) is 22.9 Å². The zero-order valence-electron chi connectivity index (χ0n) is 11.1. The summed E-state index contributed by atoms with van der Waals surface area (Å²) in [5, 5.41) is 6.53. The van der Waals surface area contributed by atoms with Crippen molar-refractivity contribution in [3.8, 4) is 0 Å². The monoisotopic (exact) mass is 237 g/mol. The Labute approximate surface area is 103 Å². The molecule has 0 aliphatic carbocycles. The van der Waals surface area contributed by atoms with Gasteiger partial charge in [0.1, 0.15) is 11.6 Å². The van der Waals surface area contributed by atoms with Gasteiger partial charge in [0.25, 0.3) is 0 Å². The fraction of sp³-hybridized carbons (Fsp3) is 0.667. The minimum absolute atomic E-state index is 0.296. The average molecular weight is 237 g/mol. The van der Waals surface area contributed by atoms with Crippen LogP contribution >= 0.6 is 0 Å². The number of nitrogen functional groups attached to an aromatic ring is 1. The summed E-state index contributed by atoms with van der Waals surface area (Å²) in [6.07, 6.45) is 1.05. The highest BCUT2D eigenvalue weighted by molar-refractivity contribution is 5.51. The van der Waals surface area contributed by atoms with Gasteiger partial charge in [-0.25, -0.2) is 0 Å². The molecule has 0 aromatic carbocycles. The van der Waals surface area contributed by atoms with E-state index >= 15 is 0 Å². The van der Waals surface area contributed by atoms with E-state index in [1.165, 1.54) is 0 Å². The van der Waals surface area contributed by atoms with Crippen LogP contribution in [-0.2, 0) is 0 Å². The SMILES string of the molecule is CCNc1cc(NC(CC)C(C)C)nc(N)n1. The molecule has 1 unspecified atom stereocenters. The van der Waals surface area contributed by atoms with E-state index in [0.29, 0.717) is 17.9 Å². The zero-order chi connectivity index (χ0) is 12.8. The number of hydrogen-bond donors (Lipinski definition) is 3. The topological polar surface area (TPSA) is 75.9 Å². The van der Waals surface area contributed by atoms with Gasteiger partial charge in [-0.05, 0) is 19.3 Å². The predicted molar refractivity (Wildman–Crippen MR) is 73.1 cm³/mol. The standard InChI is InChI=1S/C12H23N5/c1-5-9(8(3)4)15-11-7-10(14-6-2)16-12(13)17-11/h7-9H,5-6H2,1-4H3,(H4,13,14,15,16,17). The third kappa shape index (κ3) is 4.09. The second-order valence-electron chi connectivity index (χ2n) is 4.43. The van der Waals surface area contributed by atoms with Gasteiger partial charge in [0.15, 0.2) is 0 Å². The fourth-order valence-corrected chi connectivity index (χ4v) is 1.74.